The Bertz CT molecular complexity index is 4180. The van der Waals surface area contributed by atoms with Crippen molar-refractivity contribution < 1.29 is 0 Å². The van der Waals surface area contributed by atoms with Crippen LogP contribution in [0.25, 0.3) is 120 Å². The van der Waals surface area contributed by atoms with Gasteiger partial charge in [0.05, 0.1) is 5.41 Å². The van der Waals surface area contributed by atoms with E-state index in [0.29, 0.717) is 0 Å². The molecule has 0 aliphatic heterocycles. The molecule has 0 saturated heterocycles. The molecule has 0 amide bonds. The molecule has 0 fully saturated rings. The second-order valence-electron chi connectivity index (χ2n) is 18.6. The lowest BCUT2D eigenvalue weighted by Crippen LogP contribution is -2.26. The summed E-state index contributed by atoms with van der Waals surface area (Å²) in [5.41, 5.74) is 17.8. The summed E-state index contributed by atoms with van der Waals surface area (Å²) in [6.07, 6.45) is 0. The minimum absolute atomic E-state index is 0.479. The van der Waals surface area contributed by atoms with Crippen LogP contribution in [-0.2, 0) is 5.41 Å². The Morgan fingerprint density at radius 2 is 0.672 bits per heavy atom. The van der Waals surface area contributed by atoms with Crippen LogP contribution in [0.1, 0.15) is 22.3 Å². The molecule has 0 nitrogen and oxygen atoms in total. The molecule has 0 heteroatoms. The molecule has 67 heavy (non-hydrogen) atoms. The van der Waals surface area contributed by atoms with Gasteiger partial charge in [-0.2, -0.15) is 0 Å². The fraction of sp³-hybridized carbons (Fsp3) is 0.0149. The number of rotatable bonds is 3. The van der Waals surface area contributed by atoms with Crippen molar-refractivity contribution in [3.8, 4) is 55.6 Å². The van der Waals surface area contributed by atoms with E-state index in [1.807, 2.05) is 0 Å². The van der Waals surface area contributed by atoms with Crippen LogP contribution >= 0.6 is 0 Å². The summed E-state index contributed by atoms with van der Waals surface area (Å²) in [5, 5.41) is 15.3. The third-order valence-corrected chi connectivity index (χ3v) is 15.4. The Morgan fingerprint density at radius 3 is 1.31 bits per heavy atom. The van der Waals surface area contributed by atoms with Crippen molar-refractivity contribution in [2.75, 3.05) is 0 Å². The maximum atomic E-state index is 2.51. The molecular formula is C67H40. The minimum Gasteiger partial charge on any atom is -0.0619 e. The van der Waals surface area contributed by atoms with Crippen molar-refractivity contribution in [3.63, 3.8) is 0 Å². The smallest absolute Gasteiger partial charge is 0.0619 e. The lowest BCUT2D eigenvalue weighted by atomic mass is 9.69. The maximum Gasteiger partial charge on any atom is 0.0731 e. The van der Waals surface area contributed by atoms with Gasteiger partial charge in [-0.3, -0.25) is 0 Å². The first kappa shape index (κ1) is 36.7. The Balaban J connectivity index is 0.977. The zero-order chi connectivity index (χ0) is 43.8. The van der Waals surface area contributed by atoms with Crippen molar-refractivity contribution in [3.05, 3.63) is 265 Å². The van der Waals surface area contributed by atoms with E-state index in [-0.39, 0.29) is 0 Å². The van der Waals surface area contributed by atoms with Crippen molar-refractivity contribution >= 4 is 64.6 Å². The minimum atomic E-state index is -0.479. The molecule has 0 bridgehead atoms. The number of fused-ring (bicyclic) bond motifs is 19. The Labute approximate surface area is 388 Å². The topological polar surface area (TPSA) is 0 Å². The van der Waals surface area contributed by atoms with Crippen LogP contribution < -0.4 is 0 Å². The van der Waals surface area contributed by atoms with Gasteiger partial charge in [0.15, 0.2) is 0 Å². The highest BCUT2D eigenvalue weighted by atomic mass is 14.5. The van der Waals surface area contributed by atoms with Gasteiger partial charge in [0.1, 0.15) is 0 Å². The first-order valence-electron chi connectivity index (χ1n) is 23.5. The SMILES string of the molecule is c1cc(-c2ccc3c4c(c5ccccc5c3c2)-c2cc3ccccc3cc2C42c3ccccc3-c3ccccc32)cc(-c2c3ccccc3c(-c3ccc4ccccc4c3)c3ccccc23)c1. The maximum absolute atomic E-state index is 2.51. The van der Waals surface area contributed by atoms with Crippen molar-refractivity contribution in [1.82, 2.24) is 0 Å². The molecule has 0 N–H and O–H groups in total. The molecule has 13 aromatic rings. The third kappa shape index (κ3) is 4.97. The van der Waals surface area contributed by atoms with Crippen LogP contribution in [0.5, 0.6) is 0 Å². The standard InChI is InChI=1S/C67H40/c1-2-17-42-36-48(33-32-41(42)16-1)64-55-28-9-7-26-53(55)63(54-27-8-10-29-56(54)64)47-21-15-20-43(37-47)46-34-35-57-58(38-46)49-22-5-6-25-52(49)65-59-39-44-18-3-4-19-45(44)40-62(59)67(66(57)65)60-30-13-11-23-50(60)51-24-12-14-31-61(51)67/h1-40H. The largest absolute Gasteiger partial charge is 0.0731 e. The van der Waals surface area contributed by atoms with Crippen molar-refractivity contribution in [2.45, 2.75) is 5.41 Å². The van der Waals surface area contributed by atoms with Gasteiger partial charge in [0.25, 0.3) is 0 Å². The predicted molar refractivity (Wildman–Crippen MR) is 284 cm³/mol. The lowest BCUT2D eigenvalue weighted by Gasteiger charge is -2.32. The number of benzene rings is 13. The summed E-state index contributed by atoms with van der Waals surface area (Å²) >= 11 is 0. The van der Waals surface area contributed by atoms with E-state index in [4.69, 9.17) is 0 Å². The first-order chi connectivity index (χ1) is 33.2. The van der Waals surface area contributed by atoms with E-state index in [1.165, 1.54) is 143 Å². The normalized spacial score (nSPS) is 13.2. The van der Waals surface area contributed by atoms with E-state index in [9.17, 15) is 0 Å². The number of hydrogen-bond donors (Lipinski definition) is 0. The van der Waals surface area contributed by atoms with Crippen LogP contribution in [-0.4, -0.2) is 0 Å². The highest BCUT2D eigenvalue weighted by molar-refractivity contribution is 6.23. The Hall–Kier alpha value is -8.58. The predicted octanol–water partition coefficient (Wildman–Crippen LogP) is 18.0. The molecule has 15 rings (SSSR count). The molecule has 0 saturated carbocycles. The summed E-state index contributed by atoms with van der Waals surface area (Å²) in [6, 6.07) is 91.5. The molecule has 0 aromatic heterocycles. The molecule has 2 aliphatic carbocycles. The van der Waals surface area contributed by atoms with E-state index in [0.717, 1.165) is 0 Å². The molecular weight excluding hydrogens is 805 g/mol. The summed E-state index contributed by atoms with van der Waals surface area (Å²) in [4.78, 5) is 0. The van der Waals surface area contributed by atoms with Gasteiger partial charge in [-0.15, -0.1) is 0 Å². The first-order valence-corrected chi connectivity index (χ1v) is 23.5. The van der Waals surface area contributed by atoms with Gasteiger partial charge in [0.2, 0.25) is 0 Å². The lowest BCUT2D eigenvalue weighted by molar-refractivity contribution is 0.803. The zero-order valence-electron chi connectivity index (χ0n) is 36.6. The fourth-order valence-electron chi connectivity index (χ4n) is 12.7. The van der Waals surface area contributed by atoms with Crippen molar-refractivity contribution in [2.24, 2.45) is 0 Å². The van der Waals surface area contributed by atoms with Gasteiger partial charge < -0.3 is 0 Å². The second-order valence-corrected chi connectivity index (χ2v) is 18.6. The van der Waals surface area contributed by atoms with Gasteiger partial charge in [-0.1, -0.05) is 212 Å². The van der Waals surface area contributed by atoms with E-state index >= 15 is 0 Å². The summed E-state index contributed by atoms with van der Waals surface area (Å²) in [6.45, 7) is 0. The molecule has 0 atom stereocenters. The average molecular weight is 845 g/mol. The summed E-state index contributed by atoms with van der Waals surface area (Å²) in [7, 11) is 0. The third-order valence-electron chi connectivity index (χ3n) is 15.4. The van der Waals surface area contributed by atoms with E-state index in [2.05, 4.69) is 243 Å². The fourth-order valence-corrected chi connectivity index (χ4v) is 12.7. The van der Waals surface area contributed by atoms with Gasteiger partial charge in [-0.25, -0.2) is 0 Å². The Morgan fingerprint density at radius 1 is 0.209 bits per heavy atom. The number of hydrogen-bond acceptors (Lipinski definition) is 0. The highest BCUT2D eigenvalue weighted by Crippen LogP contribution is 2.66. The van der Waals surface area contributed by atoms with Crippen LogP contribution in [0.2, 0.25) is 0 Å². The molecule has 2 aliphatic rings. The van der Waals surface area contributed by atoms with E-state index in [1.54, 1.807) is 0 Å². The van der Waals surface area contributed by atoms with Crippen LogP contribution in [0.4, 0.5) is 0 Å². The van der Waals surface area contributed by atoms with Gasteiger partial charge >= 0.3 is 0 Å². The summed E-state index contributed by atoms with van der Waals surface area (Å²) in [5.74, 6) is 0. The average Bonchev–Trinajstić information content (AvgIpc) is 3.86. The second kappa shape index (κ2) is 13.7. The van der Waals surface area contributed by atoms with Crippen molar-refractivity contribution in [1.29, 1.82) is 0 Å². The highest BCUT2D eigenvalue weighted by Gasteiger charge is 2.53. The van der Waals surface area contributed by atoms with Gasteiger partial charge in [0, 0.05) is 0 Å². The van der Waals surface area contributed by atoms with E-state index < -0.39 is 5.41 Å². The Kier molecular flexibility index (Phi) is 7.52. The molecule has 13 aromatic carbocycles. The quantitative estimate of drug-likeness (QED) is 0.123. The molecule has 0 unspecified atom stereocenters. The van der Waals surface area contributed by atoms with Crippen LogP contribution in [0.15, 0.2) is 243 Å². The molecule has 0 radical (unpaired) electrons. The van der Waals surface area contributed by atoms with Gasteiger partial charge in [-0.05, 0) is 173 Å². The van der Waals surface area contributed by atoms with Crippen LogP contribution in [0, 0.1) is 0 Å². The summed E-state index contributed by atoms with van der Waals surface area (Å²) < 4.78 is 0. The molecule has 0 heterocycles. The van der Waals surface area contributed by atoms with Crippen LogP contribution in [0.3, 0.4) is 0 Å². The zero-order valence-corrected chi connectivity index (χ0v) is 36.6. The monoisotopic (exact) mass is 844 g/mol. The molecule has 1 spiro atoms. The molecule has 308 valence electrons.